The molecule has 3 amide bonds. The number of nitrogens with one attached hydrogen (secondary N) is 1. The van der Waals surface area contributed by atoms with Gasteiger partial charge in [0.1, 0.15) is 5.75 Å². The summed E-state index contributed by atoms with van der Waals surface area (Å²) in [5.74, 6) is 0.332. The van der Waals surface area contributed by atoms with Crippen molar-refractivity contribution < 1.29 is 29.0 Å². The summed E-state index contributed by atoms with van der Waals surface area (Å²) in [5, 5.41) is 14.3. The zero-order chi connectivity index (χ0) is 31.4. The maximum Gasteiger partial charge on any atom is 0.264 e. The normalized spacial score (nSPS) is 28.7. The molecule has 0 aliphatic carbocycles. The summed E-state index contributed by atoms with van der Waals surface area (Å²) >= 11 is 0. The highest BCUT2D eigenvalue weighted by Crippen LogP contribution is 2.60. The first kappa shape index (κ1) is 30.8. The van der Waals surface area contributed by atoms with Crippen LogP contribution in [-0.2, 0) is 24.7 Å². The van der Waals surface area contributed by atoms with E-state index in [1.807, 2.05) is 30.3 Å². The highest BCUT2D eigenvalue weighted by molar-refractivity contribution is 6.91. The lowest BCUT2D eigenvalue weighted by atomic mass is 9.82. The van der Waals surface area contributed by atoms with E-state index in [-0.39, 0.29) is 54.8 Å². The number of benzene rings is 2. The van der Waals surface area contributed by atoms with Crippen LogP contribution in [0.4, 0.5) is 11.4 Å². The number of aliphatic hydroxyl groups is 1. The number of anilines is 2. The summed E-state index contributed by atoms with van der Waals surface area (Å²) in [6.07, 6.45) is 1.28. The van der Waals surface area contributed by atoms with E-state index in [1.165, 1.54) is 5.19 Å². The minimum absolute atomic E-state index is 0.0123. The predicted octanol–water partition coefficient (Wildman–Crippen LogP) is 2.20. The molecule has 4 heterocycles. The molecular formula is C33H44N4O6Si. The molecule has 11 heteroatoms. The highest BCUT2D eigenvalue weighted by Gasteiger charge is 2.66. The number of fused-ring (bicyclic) bond motifs is 2. The average Bonchev–Trinajstić information content (AvgIpc) is 3.68. The summed E-state index contributed by atoms with van der Waals surface area (Å²) in [5.41, 5.74) is 0.908. The Hall–Kier alpha value is -3.25. The van der Waals surface area contributed by atoms with Gasteiger partial charge in [0.2, 0.25) is 11.8 Å². The number of amides is 3. The van der Waals surface area contributed by atoms with Crippen molar-refractivity contribution in [2.24, 2.45) is 5.92 Å². The Morgan fingerprint density at radius 3 is 2.59 bits per heavy atom. The van der Waals surface area contributed by atoms with Crippen LogP contribution in [0.5, 0.6) is 5.75 Å². The van der Waals surface area contributed by atoms with Gasteiger partial charge in [0, 0.05) is 43.9 Å². The molecule has 2 N–H and O–H groups in total. The van der Waals surface area contributed by atoms with Gasteiger partial charge in [-0.2, -0.15) is 0 Å². The summed E-state index contributed by atoms with van der Waals surface area (Å²) in [7, 11) is 1.02. The van der Waals surface area contributed by atoms with Crippen LogP contribution in [0.1, 0.15) is 31.7 Å². The van der Waals surface area contributed by atoms with Crippen molar-refractivity contribution >= 4 is 42.4 Å². The van der Waals surface area contributed by atoms with Crippen molar-refractivity contribution in [3.8, 4) is 5.75 Å². The predicted molar refractivity (Wildman–Crippen MR) is 171 cm³/mol. The quantitative estimate of drug-likeness (QED) is 0.457. The van der Waals surface area contributed by atoms with E-state index in [0.717, 1.165) is 35.5 Å². The van der Waals surface area contributed by atoms with Crippen molar-refractivity contribution in [3.05, 3.63) is 48.0 Å². The fourth-order valence-corrected chi connectivity index (χ4v) is 12.3. The Balaban J connectivity index is 1.44. The number of rotatable bonds is 7. The molecule has 0 saturated carbocycles. The third kappa shape index (κ3) is 4.76. The van der Waals surface area contributed by atoms with Crippen molar-refractivity contribution in [2.75, 3.05) is 56.7 Å². The molecule has 3 fully saturated rings. The molecule has 2 aromatic rings. The molecule has 0 radical (unpaired) electrons. The number of likely N-dealkylation sites (N-methyl/N-ethyl adjacent to an activating group) is 1. The molecule has 0 aromatic heterocycles. The summed E-state index contributed by atoms with van der Waals surface area (Å²) in [4.78, 5) is 46.3. The van der Waals surface area contributed by atoms with Gasteiger partial charge in [0.25, 0.3) is 5.91 Å². The number of hydrogen-bond donors (Lipinski definition) is 2. The van der Waals surface area contributed by atoms with E-state index in [0.29, 0.717) is 19.6 Å². The van der Waals surface area contributed by atoms with E-state index >= 15 is 0 Å². The van der Waals surface area contributed by atoms with Crippen LogP contribution in [0.15, 0.2) is 42.5 Å². The van der Waals surface area contributed by atoms with Crippen LogP contribution in [0.2, 0.25) is 18.6 Å². The number of aliphatic hydroxyl groups excluding tert-OH is 1. The maximum absolute atomic E-state index is 14.4. The van der Waals surface area contributed by atoms with Gasteiger partial charge in [-0.3, -0.25) is 14.4 Å². The van der Waals surface area contributed by atoms with Crippen LogP contribution < -0.4 is 25.0 Å². The molecule has 0 bridgehead atoms. The molecular weight excluding hydrogens is 576 g/mol. The first-order valence-corrected chi connectivity index (χ1v) is 18.8. The van der Waals surface area contributed by atoms with Gasteiger partial charge in [0.15, 0.2) is 5.60 Å². The van der Waals surface area contributed by atoms with Gasteiger partial charge in [-0.05, 0) is 48.7 Å². The lowest BCUT2D eigenvalue weighted by Gasteiger charge is -2.37. The van der Waals surface area contributed by atoms with Gasteiger partial charge < -0.3 is 34.6 Å². The first-order valence-electron chi connectivity index (χ1n) is 15.7. The number of carbonyl (C=O) groups is 3. The third-order valence-electron chi connectivity index (χ3n) is 10.6. The smallest absolute Gasteiger partial charge is 0.264 e. The van der Waals surface area contributed by atoms with Gasteiger partial charge in [-0.15, -0.1) is 0 Å². The second-order valence-electron chi connectivity index (χ2n) is 13.2. The second-order valence-corrected chi connectivity index (χ2v) is 17.9. The molecule has 2 aromatic carbocycles. The molecule has 5 atom stereocenters. The molecule has 236 valence electrons. The third-order valence-corrected chi connectivity index (χ3v) is 15.0. The number of likely N-dealkylation sites (tertiary alicyclic amines) is 1. The van der Waals surface area contributed by atoms with E-state index in [4.69, 9.17) is 9.47 Å². The molecule has 3 saturated heterocycles. The number of nitrogens with zero attached hydrogens (tertiary/aromatic N) is 3. The lowest BCUT2D eigenvalue weighted by Crippen LogP contribution is -2.52. The van der Waals surface area contributed by atoms with Crippen LogP contribution in [0.3, 0.4) is 0 Å². The largest absolute Gasteiger partial charge is 0.497 e. The number of hydrogen-bond acceptors (Lipinski definition) is 7. The average molecular weight is 621 g/mol. The van der Waals surface area contributed by atoms with Gasteiger partial charge in [-0.25, -0.2) is 0 Å². The Kier molecular flexibility index (Phi) is 8.10. The van der Waals surface area contributed by atoms with Gasteiger partial charge in [0.05, 0.1) is 52.6 Å². The SMILES string of the molecule is COc1ccc([Si](C)(C)[C@H]2[C@H](CC(=O)N3CCC[C@H]3CO)O[C@@]3(C(=O)N(C)c4ccc(N5CCNCC5=O)cc43)[C@@H]2C)cc1. The van der Waals surface area contributed by atoms with E-state index in [9.17, 15) is 19.5 Å². The monoisotopic (exact) mass is 620 g/mol. The van der Waals surface area contributed by atoms with Crippen molar-refractivity contribution in [2.45, 2.75) is 62.6 Å². The summed E-state index contributed by atoms with van der Waals surface area (Å²) in [6.45, 7) is 8.76. The van der Waals surface area contributed by atoms with Crippen molar-refractivity contribution in [1.82, 2.24) is 10.2 Å². The minimum Gasteiger partial charge on any atom is -0.497 e. The molecule has 1 spiro atoms. The van der Waals surface area contributed by atoms with Gasteiger partial charge >= 0.3 is 0 Å². The van der Waals surface area contributed by atoms with Crippen LogP contribution in [0, 0.1) is 5.92 Å². The standard InChI is InChI=1S/C33H44N4O6Si/c1-21-31(44(4,5)25-11-9-24(42-3)10-12-25)28(18-29(39)36-15-6-7-23(36)20-38)43-33(21)26-17-22(37-16-14-34-19-30(37)40)8-13-27(26)35(2)32(33)41/h8-13,17,21,23,28,31,34,38H,6-7,14-16,18-20H2,1-5H3/t21-,23+,28+,31-,33+/m1/s1. The Labute approximate surface area is 260 Å². The lowest BCUT2D eigenvalue weighted by molar-refractivity contribution is -0.149. The fourth-order valence-electron chi connectivity index (χ4n) is 8.30. The molecule has 44 heavy (non-hydrogen) atoms. The topological polar surface area (TPSA) is 112 Å². The van der Waals surface area contributed by atoms with E-state index in [2.05, 4.69) is 37.5 Å². The van der Waals surface area contributed by atoms with Crippen LogP contribution >= 0.6 is 0 Å². The first-order chi connectivity index (χ1) is 21.0. The summed E-state index contributed by atoms with van der Waals surface area (Å²) < 4.78 is 12.5. The fraction of sp³-hybridized carbons (Fsp3) is 0.545. The van der Waals surface area contributed by atoms with Gasteiger partial charge in [-0.1, -0.05) is 37.3 Å². The maximum atomic E-state index is 14.4. The number of ether oxygens (including phenoxy) is 2. The van der Waals surface area contributed by atoms with Crippen LogP contribution in [0.25, 0.3) is 0 Å². The Morgan fingerprint density at radius 1 is 1.16 bits per heavy atom. The van der Waals surface area contributed by atoms with E-state index < -0.39 is 19.8 Å². The van der Waals surface area contributed by atoms with Crippen molar-refractivity contribution in [3.63, 3.8) is 0 Å². The molecule has 4 aliphatic rings. The number of methoxy groups -OCH3 is 1. The summed E-state index contributed by atoms with van der Waals surface area (Å²) in [6, 6.07) is 13.7. The second kappa shape index (κ2) is 11.6. The highest BCUT2D eigenvalue weighted by atomic mass is 28.3. The van der Waals surface area contributed by atoms with Crippen LogP contribution in [-0.4, -0.2) is 94.9 Å². The zero-order valence-electron chi connectivity index (χ0n) is 26.3. The van der Waals surface area contributed by atoms with E-state index in [1.54, 1.807) is 28.9 Å². The molecule has 0 unspecified atom stereocenters. The van der Waals surface area contributed by atoms with Crippen molar-refractivity contribution in [1.29, 1.82) is 0 Å². The number of carbonyl (C=O) groups excluding carboxylic acids is 3. The Morgan fingerprint density at radius 2 is 1.91 bits per heavy atom. The molecule has 4 aliphatic heterocycles. The zero-order valence-corrected chi connectivity index (χ0v) is 27.3. The number of piperazine rings is 1. The molecule has 6 rings (SSSR count). The Bertz CT molecular complexity index is 1450. The molecule has 10 nitrogen and oxygen atoms in total. The minimum atomic E-state index is -2.41.